The molecule has 12 heteroatoms. The monoisotopic (exact) mass is 625 g/mol. The van der Waals surface area contributed by atoms with E-state index in [1.54, 1.807) is 29.2 Å². The first-order chi connectivity index (χ1) is 21.5. The van der Waals surface area contributed by atoms with E-state index in [4.69, 9.17) is 4.74 Å². The van der Waals surface area contributed by atoms with Crippen LogP contribution in [0.4, 0.5) is 17.6 Å². The number of fused-ring (bicyclic) bond motifs is 2. The Morgan fingerprint density at radius 2 is 1.89 bits per heavy atom. The second-order valence-electron chi connectivity index (χ2n) is 12.0. The predicted molar refractivity (Wildman–Crippen MR) is 160 cm³/mol. The summed E-state index contributed by atoms with van der Waals surface area (Å²) in [6.45, 7) is 5.62. The van der Waals surface area contributed by atoms with Gasteiger partial charge in [0.05, 0.1) is 30.2 Å². The van der Waals surface area contributed by atoms with Crippen molar-refractivity contribution >= 4 is 16.9 Å². The Balaban J connectivity index is 1.18. The van der Waals surface area contributed by atoms with E-state index in [2.05, 4.69) is 14.9 Å². The topological polar surface area (TPSA) is 84.9 Å². The molecule has 0 aliphatic carbocycles. The van der Waals surface area contributed by atoms with Gasteiger partial charge in [-0.1, -0.05) is 25.1 Å². The van der Waals surface area contributed by atoms with Gasteiger partial charge in [0.15, 0.2) is 11.6 Å². The van der Waals surface area contributed by atoms with Crippen molar-refractivity contribution in [1.29, 1.82) is 0 Å². The van der Waals surface area contributed by atoms with Crippen molar-refractivity contribution in [2.45, 2.75) is 45.1 Å². The average Bonchev–Trinajstić information content (AvgIpc) is 3.44. The fourth-order valence-electron chi connectivity index (χ4n) is 6.21. The third-order valence-electron chi connectivity index (χ3n) is 8.69. The van der Waals surface area contributed by atoms with Gasteiger partial charge in [-0.3, -0.25) is 9.69 Å². The first-order valence-electron chi connectivity index (χ1n) is 14.9. The van der Waals surface area contributed by atoms with Gasteiger partial charge in [-0.25, -0.2) is 9.37 Å². The van der Waals surface area contributed by atoms with Crippen LogP contribution in [0.5, 0.6) is 11.5 Å². The maximum absolute atomic E-state index is 14.8. The standard InChI is InChI=1S/C33H35F4N5O3/c1-20-16-42(30(44)12-21-3-4-22(28(11-21)33(35,36)37)17-41-9-7-40(2)8-10-41)18-23-13-25(5-6-26(20)23)45-31-27-14-24(19-43)39-32(27)38-15-29(31)34/h3-6,11,13-15,20,43H,7-10,12,16-19H2,1-2H3,(H,38,39)/t20-/m0/s1. The molecular formula is C33H35F4N5O3. The zero-order valence-electron chi connectivity index (χ0n) is 25.1. The number of hydrogen-bond donors (Lipinski definition) is 2. The molecule has 1 fully saturated rings. The van der Waals surface area contributed by atoms with Crippen LogP contribution < -0.4 is 4.74 Å². The second kappa shape index (κ2) is 12.4. The molecule has 2 aromatic heterocycles. The number of hydrogen-bond acceptors (Lipinski definition) is 6. The number of likely N-dealkylation sites (N-methyl/N-ethyl adjacent to an activating group) is 1. The third-order valence-corrected chi connectivity index (χ3v) is 8.69. The molecule has 45 heavy (non-hydrogen) atoms. The van der Waals surface area contributed by atoms with Crippen LogP contribution in [0.15, 0.2) is 48.7 Å². The fourth-order valence-corrected chi connectivity index (χ4v) is 6.21. The first-order valence-corrected chi connectivity index (χ1v) is 14.9. The molecule has 2 N–H and O–H groups in total. The maximum Gasteiger partial charge on any atom is 0.416 e. The van der Waals surface area contributed by atoms with Gasteiger partial charge in [0.25, 0.3) is 0 Å². The van der Waals surface area contributed by atoms with Crippen molar-refractivity contribution in [3.8, 4) is 11.5 Å². The lowest BCUT2D eigenvalue weighted by molar-refractivity contribution is -0.138. The molecule has 1 saturated heterocycles. The lowest BCUT2D eigenvalue weighted by Crippen LogP contribution is -2.44. The van der Waals surface area contributed by atoms with Crippen molar-refractivity contribution in [1.82, 2.24) is 24.7 Å². The summed E-state index contributed by atoms with van der Waals surface area (Å²) in [5.74, 6) is -0.640. The summed E-state index contributed by atoms with van der Waals surface area (Å²) >= 11 is 0. The van der Waals surface area contributed by atoms with Crippen molar-refractivity contribution in [3.63, 3.8) is 0 Å². The molecule has 4 aromatic rings. The lowest BCUT2D eigenvalue weighted by Gasteiger charge is -2.34. The zero-order chi connectivity index (χ0) is 31.9. The summed E-state index contributed by atoms with van der Waals surface area (Å²) in [6, 6.07) is 11.2. The van der Waals surface area contributed by atoms with Crippen LogP contribution in [0.25, 0.3) is 11.0 Å². The van der Waals surface area contributed by atoms with Gasteiger partial charge in [0.1, 0.15) is 11.4 Å². The van der Waals surface area contributed by atoms with Crippen LogP contribution in [-0.2, 0) is 37.1 Å². The summed E-state index contributed by atoms with van der Waals surface area (Å²) in [6.07, 6.45) is -3.65. The number of aromatic amines is 1. The Morgan fingerprint density at radius 3 is 2.62 bits per heavy atom. The number of nitrogens with zero attached hydrogens (tertiary/aromatic N) is 4. The molecule has 6 rings (SSSR count). The summed E-state index contributed by atoms with van der Waals surface area (Å²) in [5, 5.41) is 9.84. The van der Waals surface area contributed by atoms with E-state index < -0.39 is 17.6 Å². The van der Waals surface area contributed by atoms with Crippen LogP contribution in [0.2, 0.25) is 0 Å². The number of piperazine rings is 1. The smallest absolute Gasteiger partial charge is 0.416 e. The molecule has 2 aliphatic heterocycles. The highest BCUT2D eigenvalue weighted by Crippen LogP contribution is 2.37. The number of aliphatic hydroxyl groups is 1. The number of carbonyl (C=O) groups is 1. The number of amides is 1. The minimum absolute atomic E-state index is 0.0235. The number of carbonyl (C=O) groups excluding carboxylic acids is 1. The average molecular weight is 626 g/mol. The Labute approximate surface area is 258 Å². The summed E-state index contributed by atoms with van der Waals surface area (Å²) < 4.78 is 63.0. The van der Waals surface area contributed by atoms with Gasteiger partial charge in [0.2, 0.25) is 5.91 Å². The fraction of sp³-hybridized carbons (Fsp3) is 0.394. The normalized spacial score (nSPS) is 17.9. The van der Waals surface area contributed by atoms with E-state index in [-0.39, 0.29) is 49.3 Å². The van der Waals surface area contributed by atoms with Crippen LogP contribution in [0.1, 0.15) is 46.4 Å². The predicted octanol–water partition coefficient (Wildman–Crippen LogP) is 5.44. The second-order valence-corrected chi connectivity index (χ2v) is 12.0. The molecule has 4 heterocycles. The number of rotatable bonds is 7. The Bertz CT molecular complexity index is 1710. The number of aromatic nitrogens is 2. The van der Waals surface area contributed by atoms with E-state index >= 15 is 0 Å². The summed E-state index contributed by atoms with van der Waals surface area (Å²) in [5.41, 5.74) is 2.50. The van der Waals surface area contributed by atoms with Crippen molar-refractivity contribution < 1.29 is 32.2 Å². The van der Waals surface area contributed by atoms with Crippen molar-refractivity contribution in [2.24, 2.45) is 0 Å². The van der Waals surface area contributed by atoms with Crippen molar-refractivity contribution in [3.05, 3.63) is 88.0 Å². The molecule has 0 saturated carbocycles. The first kappa shape index (κ1) is 31.0. The minimum Gasteiger partial charge on any atom is -0.453 e. The number of ether oxygens (including phenoxy) is 1. The van der Waals surface area contributed by atoms with Gasteiger partial charge in [-0.15, -0.1) is 0 Å². The van der Waals surface area contributed by atoms with Crippen LogP contribution in [0, 0.1) is 5.82 Å². The van der Waals surface area contributed by atoms with E-state index in [1.165, 1.54) is 6.07 Å². The SMILES string of the molecule is C[C@H]1CN(C(=O)Cc2ccc(CN3CCN(C)CC3)c(C(F)(F)F)c2)Cc2cc(Oc3c(F)cnc4[nH]c(CO)cc34)ccc21. The number of pyridine rings is 1. The van der Waals surface area contributed by atoms with Crippen molar-refractivity contribution in [2.75, 3.05) is 39.8 Å². The third kappa shape index (κ3) is 6.68. The lowest BCUT2D eigenvalue weighted by atomic mass is 9.90. The molecule has 2 aliphatic rings. The van der Waals surface area contributed by atoms with E-state index in [9.17, 15) is 27.5 Å². The van der Waals surface area contributed by atoms with Gasteiger partial charge in [-0.05, 0) is 59.5 Å². The number of benzene rings is 2. The Morgan fingerprint density at radius 1 is 1.11 bits per heavy atom. The summed E-state index contributed by atoms with van der Waals surface area (Å²) in [7, 11) is 2.00. The highest BCUT2D eigenvalue weighted by molar-refractivity contribution is 5.84. The quantitative estimate of drug-likeness (QED) is 0.266. The Kier molecular flexibility index (Phi) is 8.55. The zero-order valence-corrected chi connectivity index (χ0v) is 25.1. The summed E-state index contributed by atoms with van der Waals surface area (Å²) in [4.78, 5) is 26.2. The Hall–Kier alpha value is -4.00. The molecule has 8 nitrogen and oxygen atoms in total. The van der Waals surface area contributed by atoms with E-state index in [0.717, 1.165) is 36.5 Å². The highest BCUT2D eigenvalue weighted by atomic mass is 19.4. The maximum atomic E-state index is 14.8. The van der Waals surface area contributed by atoms with Crippen LogP contribution in [0.3, 0.4) is 0 Å². The van der Waals surface area contributed by atoms with E-state index in [1.807, 2.05) is 24.9 Å². The molecule has 1 amide bonds. The molecule has 0 unspecified atom stereocenters. The molecule has 0 radical (unpaired) electrons. The molecular weight excluding hydrogens is 590 g/mol. The molecule has 0 spiro atoms. The number of aliphatic hydroxyl groups excluding tert-OH is 1. The highest BCUT2D eigenvalue weighted by Gasteiger charge is 2.35. The minimum atomic E-state index is -4.53. The van der Waals surface area contributed by atoms with E-state index in [0.29, 0.717) is 47.7 Å². The number of nitrogens with one attached hydrogen (secondary N) is 1. The largest absolute Gasteiger partial charge is 0.453 e. The molecule has 0 bridgehead atoms. The van der Waals surface area contributed by atoms with Gasteiger partial charge in [0, 0.05) is 51.5 Å². The number of halogens is 4. The van der Waals surface area contributed by atoms with Gasteiger partial charge in [-0.2, -0.15) is 13.2 Å². The molecule has 2 aromatic carbocycles. The van der Waals surface area contributed by atoms with Crippen LogP contribution >= 0.6 is 0 Å². The van der Waals surface area contributed by atoms with Crippen LogP contribution in [-0.4, -0.2) is 75.5 Å². The van der Waals surface area contributed by atoms with Gasteiger partial charge >= 0.3 is 6.18 Å². The number of H-pyrrole nitrogens is 1. The van der Waals surface area contributed by atoms with Gasteiger partial charge < -0.3 is 24.6 Å². The number of alkyl halides is 3. The molecule has 1 atom stereocenters. The molecule has 238 valence electrons.